The average Bonchev–Trinajstić information content (AvgIpc) is 3.49. The summed E-state index contributed by atoms with van der Waals surface area (Å²) in [7, 11) is 0. The number of halogens is 1. The van der Waals surface area contributed by atoms with Crippen LogP contribution in [-0.2, 0) is 15.1 Å². The lowest BCUT2D eigenvalue weighted by Crippen LogP contribution is -2.98. The first-order chi connectivity index (χ1) is 17.8. The van der Waals surface area contributed by atoms with Crippen LogP contribution in [0.1, 0.15) is 25.2 Å². The van der Waals surface area contributed by atoms with Crippen molar-refractivity contribution in [1.29, 1.82) is 0 Å². The van der Waals surface area contributed by atoms with Crippen molar-refractivity contribution < 1.29 is 14.9 Å². The minimum absolute atomic E-state index is 0.0992. The highest BCUT2D eigenvalue weighted by Gasteiger charge is 2.73. The molecule has 4 atom stereocenters. The van der Waals surface area contributed by atoms with E-state index in [-0.39, 0.29) is 29.3 Å². The standard InChI is InChI=1S/C29H23ClN4O3/c1-15(2)24-22-23(27(37)33(26(22)36)17-13-11-16(30)12-14-17)29(32-24)19-8-4-6-10-21(19)34-25(35)18-7-3-5-9-20(18)31-28(29)34/h3-15,22-24,32H,1-2H3/p+1/t22?,23?,24?,29-/m0/s1. The molecule has 7 nitrogen and oxygen atoms in total. The van der Waals surface area contributed by atoms with Gasteiger partial charge in [-0.05, 0) is 42.5 Å². The van der Waals surface area contributed by atoms with Gasteiger partial charge in [-0.3, -0.25) is 19.0 Å². The molecule has 3 aliphatic rings. The van der Waals surface area contributed by atoms with Crippen molar-refractivity contribution in [1.82, 2.24) is 9.55 Å². The van der Waals surface area contributed by atoms with Crippen LogP contribution < -0.4 is 15.8 Å². The summed E-state index contributed by atoms with van der Waals surface area (Å²) in [5.41, 5.74) is 1.45. The van der Waals surface area contributed by atoms with Gasteiger partial charge in [0, 0.05) is 16.5 Å². The number of imide groups is 1. The van der Waals surface area contributed by atoms with Crippen LogP contribution in [0.3, 0.4) is 0 Å². The fraction of sp³-hybridized carbons (Fsp3) is 0.241. The molecule has 3 unspecified atom stereocenters. The van der Waals surface area contributed by atoms with Crippen molar-refractivity contribution in [3.8, 4) is 5.69 Å². The normalized spacial score (nSPS) is 25.8. The smallest absolute Gasteiger partial charge is 0.266 e. The lowest BCUT2D eigenvalue weighted by atomic mass is 9.75. The van der Waals surface area contributed by atoms with E-state index in [9.17, 15) is 14.4 Å². The summed E-state index contributed by atoms with van der Waals surface area (Å²) in [4.78, 5) is 48.5. The van der Waals surface area contributed by atoms with E-state index in [1.165, 1.54) is 4.90 Å². The highest BCUT2D eigenvalue weighted by atomic mass is 35.5. The van der Waals surface area contributed by atoms with Gasteiger partial charge in [-0.25, -0.2) is 9.88 Å². The molecule has 3 aromatic carbocycles. The van der Waals surface area contributed by atoms with Crippen LogP contribution in [0.25, 0.3) is 16.6 Å². The second-order valence-electron chi connectivity index (χ2n) is 10.5. The first-order valence-electron chi connectivity index (χ1n) is 12.5. The van der Waals surface area contributed by atoms with E-state index in [0.717, 1.165) is 5.56 Å². The van der Waals surface area contributed by atoms with Gasteiger partial charge in [-0.2, -0.15) is 0 Å². The predicted octanol–water partition coefficient (Wildman–Crippen LogP) is 3.00. The maximum absolute atomic E-state index is 14.3. The Hall–Kier alpha value is -3.81. The zero-order valence-electron chi connectivity index (χ0n) is 20.3. The summed E-state index contributed by atoms with van der Waals surface area (Å²) in [6, 6.07) is 21.5. The van der Waals surface area contributed by atoms with E-state index >= 15 is 0 Å². The molecule has 8 heteroatoms. The van der Waals surface area contributed by atoms with Gasteiger partial charge in [0.05, 0.1) is 22.3 Å². The Balaban J connectivity index is 1.53. The molecule has 3 aliphatic heterocycles. The molecule has 0 saturated carbocycles. The van der Waals surface area contributed by atoms with Gasteiger partial charge in [-0.1, -0.05) is 55.8 Å². The van der Waals surface area contributed by atoms with Crippen molar-refractivity contribution in [2.45, 2.75) is 25.4 Å². The summed E-state index contributed by atoms with van der Waals surface area (Å²) < 4.78 is 1.65. The van der Waals surface area contributed by atoms with E-state index in [4.69, 9.17) is 16.6 Å². The fourth-order valence-electron chi connectivity index (χ4n) is 6.76. The molecular formula is C29H24ClN4O3+. The summed E-state index contributed by atoms with van der Waals surface area (Å²) in [6.07, 6.45) is 0. The monoisotopic (exact) mass is 511 g/mol. The van der Waals surface area contributed by atoms with E-state index in [2.05, 4.69) is 19.2 Å². The first-order valence-corrected chi connectivity index (χ1v) is 12.8. The molecule has 1 aromatic heterocycles. The molecule has 4 aromatic rings. The van der Waals surface area contributed by atoms with Crippen molar-refractivity contribution in [3.63, 3.8) is 0 Å². The zero-order valence-corrected chi connectivity index (χ0v) is 21.0. The molecule has 2 N–H and O–H groups in total. The Morgan fingerprint density at radius 1 is 0.919 bits per heavy atom. The van der Waals surface area contributed by atoms with E-state index < -0.39 is 17.4 Å². The van der Waals surface area contributed by atoms with Crippen LogP contribution in [0, 0.1) is 17.8 Å². The number of anilines is 1. The van der Waals surface area contributed by atoms with Crippen LogP contribution in [0.15, 0.2) is 77.6 Å². The molecular weight excluding hydrogens is 488 g/mol. The summed E-state index contributed by atoms with van der Waals surface area (Å²) in [5.74, 6) is -1.17. The highest BCUT2D eigenvalue weighted by Crippen LogP contribution is 2.52. The molecule has 37 heavy (non-hydrogen) atoms. The van der Waals surface area contributed by atoms with Crippen molar-refractivity contribution >= 4 is 40.0 Å². The SMILES string of the molecule is CC(C)C1[NH2+][C@@]2(c3ccccc3-n3c2nc2ccccc2c3=O)C2C(=O)N(c3ccc(Cl)cc3)C(=O)C12. The molecule has 0 aliphatic carbocycles. The minimum Gasteiger partial charge on any atom is -0.327 e. The second-order valence-corrected chi connectivity index (χ2v) is 10.9. The second kappa shape index (κ2) is 7.60. The summed E-state index contributed by atoms with van der Waals surface area (Å²) in [5, 5.41) is 3.19. The van der Waals surface area contributed by atoms with Gasteiger partial charge in [0.1, 0.15) is 17.9 Å². The van der Waals surface area contributed by atoms with Gasteiger partial charge in [0.25, 0.3) is 5.56 Å². The fourth-order valence-corrected chi connectivity index (χ4v) is 6.89. The van der Waals surface area contributed by atoms with Crippen LogP contribution in [0.4, 0.5) is 5.69 Å². The molecule has 2 amide bonds. The average molecular weight is 512 g/mol. The number of nitrogens with two attached hydrogens (primary N) is 1. The lowest BCUT2D eigenvalue weighted by Gasteiger charge is -2.29. The molecule has 7 rings (SSSR count). The predicted molar refractivity (Wildman–Crippen MR) is 140 cm³/mol. The van der Waals surface area contributed by atoms with Crippen LogP contribution in [0.2, 0.25) is 5.02 Å². The molecule has 0 radical (unpaired) electrons. The Bertz CT molecular complexity index is 1700. The van der Waals surface area contributed by atoms with Gasteiger partial charge in [-0.15, -0.1) is 0 Å². The topological polar surface area (TPSA) is 88.9 Å². The Kier molecular flexibility index (Phi) is 4.60. The van der Waals surface area contributed by atoms with Crippen molar-refractivity contribution in [2.75, 3.05) is 4.90 Å². The first kappa shape index (κ1) is 22.4. The van der Waals surface area contributed by atoms with E-state index in [0.29, 0.717) is 33.1 Å². The summed E-state index contributed by atoms with van der Waals surface area (Å²) >= 11 is 6.09. The third-order valence-electron chi connectivity index (χ3n) is 8.30. The maximum atomic E-state index is 14.3. The number of nitrogens with zero attached hydrogens (tertiary/aromatic N) is 3. The third-order valence-corrected chi connectivity index (χ3v) is 8.55. The number of benzene rings is 3. The number of quaternary nitrogens is 1. The largest absolute Gasteiger partial charge is 0.327 e. The van der Waals surface area contributed by atoms with Gasteiger partial charge in [0.15, 0.2) is 11.4 Å². The lowest BCUT2D eigenvalue weighted by molar-refractivity contribution is -0.744. The van der Waals surface area contributed by atoms with E-state index in [1.54, 1.807) is 34.9 Å². The Morgan fingerprint density at radius 2 is 1.62 bits per heavy atom. The number of aromatic nitrogens is 2. The minimum atomic E-state index is -1.01. The molecule has 0 bridgehead atoms. The molecule has 2 saturated heterocycles. The highest BCUT2D eigenvalue weighted by molar-refractivity contribution is 6.31. The molecule has 1 spiro atoms. The zero-order chi connectivity index (χ0) is 25.6. The van der Waals surface area contributed by atoms with Crippen molar-refractivity contribution in [3.05, 3.63) is 99.6 Å². The van der Waals surface area contributed by atoms with Crippen LogP contribution >= 0.6 is 11.6 Å². The van der Waals surface area contributed by atoms with Crippen LogP contribution in [0.5, 0.6) is 0 Å². The summed E-state index contributed by atoms with van der Waals surface area (Å²) in [6.45, 7) is 4.14. The maximum Gasteiger partial charge on any atom is 0.266 e. The van der Waals surface area contributed by atoms with Gasteiger partial charge in [0.2, 0.25) is 11.8 Å². The van der Waals surface area contributed by atoms with Gasteiger partial charge < -0.3 is 5.32 Å². The molecule has 184 valence electrons. The molecule has 4 heterocycles. The van der Waals surface area contributed by atoms with Gasteiger partial charge >= 0.3 is 0 Å². The Morgan fingerprint density at radius 3 is 2.38 bits per heavy atom. The van der Waals surface area contributed by atoms with Crippen LogP contribution in [-0.4, -0.2) is 27.4 Å². The number of rotatable bonds is 2. The Labute approximate surface area is 217 Å². The third kappa shape index (κ3) is 2.76. The van der Waals surface area contributed by atoms with E-state index in [1.807, 2.05) is 42.5 Å². The number of hydrogen-bond acceptors (Lipinski definition) is 4. The number of hydrogen-bond donors (Lipinski definition) is 1. The molecule has 2 fully saturated rings. The number of para-hydroxylation sites is 2. The number of carbonyl (C=O) groups is 2. The number of fused-ring (bicyclic) bond motifs is 8. The quantitative estimate of drug-likeness (QED) is 0.419. The number of carbonyl (C=O) groups excluding carboxylic acids is 2. The number of amides is 2. The van der Waals surface area contributed by atoms with Crippen molar-refractivity contribution in [2.24, 2.45) is 17.8 Å².